The van der Waals surface area contributed by atoms with E-state index in [1.54, 1.807) is 24.3 Å². The molecule has 0 radical (unpaired) electrons. The van der Waals surface area contributed by atoms with Crippen LogP contribution >= 0.6 is 22.6 Å². The van der Waals surface area contributed by atoms with Gasteiger partial charge in [-0.1, -0.05) is 18.2 Å². The third kappa shape index (κ3) is 5.90. The van der Waals surface area contributed by atoms with Crippen LogP contribution in [0.2, 0.25) is 0 Å². The lowest BCUT2D eigenvalue weighted by atomic mass is 10.2. The van der Waals surface area contributed by atoms with Crippen molar-refractivity contribution >= 4 is 46.0 Å². The molecule has 0 saturated carbocycles. The number of carbonyl (C=O) groups excluding carboxylic acids is 3. The van der Waals surface area contributed by atoms with E-state index in [1.165, 1.54) is 9.80 Å². The molecule has 0 bridgehead atoms. The standard InChI is InChI=1S/C24H26IN3O5/c25-18-6-8-19(9-7-18)28-22(29)16-21(24(28)31)27(11-10-26-12-14-32-15-13-26)23(30)17-33-20-4-2-1-3-5-20/h1-9,21H,10-17H2. The van der Waals surface area contributed by atoms with Gasteiger partial charge in [0.1, 0.15) is 11.8 Å². The predicted molar refractivity (Wildman–Crippen MR) is 131 cm³/mol. The van der Waals surface area contributed by atoms with Crippen LogP contribution in [0.5, 0.6) is 5.75 Å². The highest BCUT2D eigenvalue weighted by molar-refractivity contribution is 14.1. The van der Waals surface area contributed by atoms with Crippen molar-refractivity contribution in [1.29, 1.82) is 0 Å². The number of hydrogen-bond donors (Lipinski definition) is 0. The maximum atomic E-state index is 13.3. The van der Waals surface area contributed by atoms with E-state index in [0.29, 0.717) is 37.7 Å². The first kappa shape index (κ1) is 23.7. The zero-order valence-electron chi connectivity index (χ0n) is 18.2. The molecule has 1 atom stereocenters. The van der Waals surface area contributed by atoms with Crippen LogP contribution in [0.15, 0.2) is 54.6 Å². The van der Waals surface area contributed by atoms with Crippen molar-refractivity contribution in [2.75, 3.05) is 50.9 Å². The SMILES string of the molecule is O=C1CC(N(CCN2CCOCC2)C(=O)COc2ccccc2)C(=O)N1c1ccc(I)cc1. The maximum Gasteiger partial charge on any atom is 0.261 e. The Morgan fingerprint density at radius 2 is 1.76 bits per heavy atom. The lowest BCUT2D eigenvalue weighted by Crippen LogP contribution is -2.51. The minimum absolute atomic E-state index is 0.0367. The molecule has 33 heavy (non-hydrogen) atoms. The van der Waals surface area contributed by atoms with E-state index >= 15 is 0 Å². The van der Waals surface area contributed by atoms with E-state index in [-0.39, 0.29) is 30.7 Å². The first-order valence-corrected chi connectivity index (χ1v) is 12.0. The third-order valence-corrected chi connectivity index (χ3v) is 6.49. The fourth-order valence-electron chi connectivity index (χ4n) is 3.99. The van der Waals surface area contributed by atoms with Crippen molar-refractivity contribution in [1.82, 2.24) is 9.80 Å². The second kappa shape index (κ2) is 11.1. The molecule has 0 N–H and O–H groups in total. The molecular weight excluding hydrogens is 537 g/mol. The van der Waals surface area contributed by atoms with Crippen molar-refractivity contribution in [3.63, 3.8) is 0 Å². The largest absolute Gasteiger partial charge is 0.484 e. The first-order valence-electron chi connectivity index (χ1n) is 10.9. The van der Waals surface area contributed by atoms with E-state index in [4.69, 9.17) is 9.47 Å². The molecule has 0 spiro atoms. The molecule has 2 fully saturated rings. The Labute approximate surface area is 206 Å². The number of hydrogen-bond acceptors (Lipinski definition) is 6. The van der Waals surface area contributed by atoms with Gasteiger partial charge in [0.25, 0.3) is 11.8 Å². The molecule has 174 valence electrons. The third-order valence-electron chi connectivity index (χ3n) is 5.77. The smallest absolute Gasteiger partial charge is 0.261 e. The number of nitrogens with zero attached hydrogens (tertiary/aromatic N) is 3. The molecule has 9 heteroatoms. The number of anilines is 1. The number of amides is 3. The zero-order valence-corrected chi connectivity index (χ0v) is 20.3. The summed E-state index contributed by atoms with van der Waals surface area (Å²) in [7, 11) is 0. The number of para-hydroxylation sites is 1. The van der Waals surface area contributed by atoms with Crippen molar-refractivity contribution in [2.45, 2.75) is 12.5 Å². The van der Waals surface area contributed by atoms with Crippen molar-refractivity contribution in [3.05, 3.63) is 58.2 Å². The maximum absolute atomic E-state index is 13.3. The molecule has 2 aliphatic heterocycles. The van der Waals surface area contributed by atoms with Gasteiger partial charge in [-0.25, -0.2) is 4.90 Å². The normalized spacial score (nSPS) is 19.1. The van der Waals surface area contributed by atoms with Gasteiger partial charge < -0.3 is 14.4 Å². The van der Waals surface area contributed by atoms with Gasteiger partial charge in [0.05, 0.1) is 25.3 Å². The number of morpholine rings is 1. The summed E-state index contributed by atoms with van der Waals surface area (Å²) in [6.45, 7) is 3.57. The van der Waals surface area contributed by atoms with E-state index in [0.717, 1.165) is 16.7 Å². The number of imide groups is 1. The lowest BCUT2D eigenvalue weighted by Gasteiger charge is -2.32. The molecular formula is C24H26IN3O5. The Morgan fingerprint density at radius 3 is 2.45 bits per heavy atom. The number of rotatable bonds is 8. The lowest BCUT2D eigenvalue weighted by molar-refractivity contribution is -0.140. The molecule has 2 aliphatic rings. The summed E-state index contributed by atoms with van der Waals surface area (Å²) in [5.74, 6) is -0.424. The second-order valence-corrected chi connectivity index (χ2v) is 9.15. The summed E-state index contributed by atoms with van der Waals surface area (Å²) in [4.78, 5) is 44.2. The topological polar surface area (TPSA) is 79.4 Å². The molecule has 2 aromatic rings. The molecule has 3 amide bonds. The predicted octanol–water partition coefficient (Wildman–Crippen LogP) is 2.16. The number of benzene rings is 2. The minimum Gasteiger partial charge on any atom is -0.484 e. The van der Waals surface area contributed by atoms with E-state index < -0.39 is 6.04 Å². The Kier molecular flexibility index (Phi) is 7.94. The Balaban J connectivity index is 1.49. The Bertz CT molecular complexity index is 979. The average molecular weight is 563 g/mol. The summed E-state index contributed by atoms with van der Waals surface area (Å²) < 4.78 is 12.1. The fourth-order valence-corrected chi connectivity index (χ4v) is 4.35. The van der Waals surface area contributed by atoms with Gasteiger partial charge in [0.2, 0.25) is 5.91 Å². The van der Waals surface area contributed by atoms with E-state index in [1.807, 2.05) is 30.3 Å². The van der Waals surface area contributed by atoms with Crippen molar-refractivity contribution in [3.8, 4) is 5.75 Å². The monoisotopic (exact) mass is 563 g/mol. The second-order valence-electron chi connectivity index (χ2n) is 7.91. The highest BCUT2D eigenvalue weighted by atomic mass is 127. The molecule has 0 aromatic heterocycles. The summed E-state index contributed by atoms with van der Waals surface area (Å²) in [5, 5.41) is 0. The van der Waals surface area contributed by atoms with Crippen LogP contribution in [-0.4, -0.2) is 79.6 Å². The molecule has 0 aliphatic carbocycles. The van der Waals surface area contributed by atoms with E-state index in [9.17, 15) is 14.4 Å². The molecule has 4 rings (SSSR count). The minimum atomic E-state index is -0.843. The molecule has 2 saturated heterocycles. The average Bonchev–Trinajstić information content (AvgIpc) is 3.13. The van der Waals surface area contributed by atoms with Crippen molar-refractivity contribution < 1.29 is 23.9 Å². The van der Waals surface area contributed by atoms with Gasteiger partial charge in [0.15, 0.2) is 6.61 Å². The van der Waals surface area contributed by atoms with E-state index in [2.05, 4.69) is 27.5 Å². The molecule has 8 nitrogen and oxygen atoms in total. The quantitative estimate of drug-likeness (QED) is 0.362. The number of carbonyl (C=O) groups is 3. The molecule has 2 heterocycles. The highest BCUT2D eigenvalue weighted by Crippen LogP contribution is 2.26. The summed E-state index contributed by atoms with van der Waals surface area (Å²) in [6.07, 6.45) is -0.0367. The van der Waals surface area contributed by atoms with Crippen LogP contribution in [0.25, 0.3) is 0 Å². The summed E-state index contributed by atoms with van der Waals surface area (Å²) in [6, 6.07) is 15.4. The van der Waals surface area contributed by atoms with Gasteiger partial charge in [-0.2, -0.15) is 0 Å². The van der Waals surface area contributed by atoms with Gasteiger partial charge >= 0.3 is 0 Å². The number of halogens is 1. The Hall–Kier alpha value is -2.50. The fraction of sp³-hybridized carbons (Fsp3) is 0.375. The summed E-state index contributed by atoms with van der Waals surface area (Å²) >= 11 is 2.17. The Morgan fingerprint density at radius 1 is 1.06 bits per heavy atom. The number of ether oxygens (including phenoxy) is 2. The van der Waals surface area contributed by atoms with Gasteiger partial charge in [-0.3, -0.25) is 19.3 Å². The van der Waals surface area contributed by atoms with Crippen LogP contribution < -0.4 is 9.64 Å². The molecule has 1 unspecified atom stereocenters. The van der Waals surface area contributed by atoms with Gasteiger partial charge in [0, 0.05) is 29.7 Å². The van der Waals surface area contributed by atoms with Crippen LogP contribution in [0.4, 0.5) is 5.69 Å². The zero-order chi connectivity index (χ0) is 23.2. The summed E-state index contributed by atoms with van der Waals surface area (Å²) in [5.41, 5.74) is 0.522. The van der Waals surface area contributed by atoms with Gasteiger partial charge in [-0.05, 0) is 59.0 Å². The highest BCUT2D eigenvalue weighted by Gasteiger charge is 2.44. The first-order chi connectivity index (χ1) is 16.0. The van der Waals surface area contributed by atoms with Crippen LogP contribution in [-0.2, 0) is 19.1 Å². The van der Waals surface area contributed by atoms with Gasteiger partial charge in [-0.15, -0.1) is 0 Å². The van der Waals surface area contributed by atoms with Crippen LogP contribution in [0.1, 0.15) is 6.42 Å². The van der Waals surface area contributed by atoms with Crippen molar-refractivity contribution in [2.24, 2.45) is 0 Å². The molecule has 2 aromatic carbocycles. The van der Waals surface area contributed by atoms with Crippen LogP contribution in [0.3, 0.4) is 0 Å². The van der Waals surface area contributed by atoms with Crippen LogP contribution in [0, 0.1) is 3.57 Å².